The Labute approximate surface area is 152 Å². The maximum atomic E-state index is 12.7. The average molecular weight is 343 g/mol. The third kappa shape index (κ3) is 4.13. The number of hydrogen-bond acceptors (Lipinski definition) is 2. The molecule has 0 aromatic heterocycles. The lowest BCUT2D eigenvalue weighted by molar-refractivity contribution is -0.451. The van der Waals surface area contributed by atoms with Crippen molar-refractivity contribution < 1.29 is 14.1 Å². The van der Waals surface area contributed by atoms with Gasteiger partial charge in [-0.3, -0.25) is 0 Å². The number of carbonyl (C=O) groups is 1. The van der Waals surface area contributed by atoms with Gasteiger partial charge in [0.2, 0.25) is 0 Å². The summed E-state index contributed by atoms with van der Waals surface area (Å²) in [6.07, 6.45) is 8.40. The number of rotatable bonds is 3. The zero-order valence-electron chi connectivity index (χ0n) is 15.9. The van der Waals surface area contributed by atoms with Crippen molar-refractivity contribution in [1.82, 2.24) is 0 Å². The fourth-order valence-electron chi connectivity index (χ4n) is 4.49. The Hall–Kier alpha value is -1.64. The Morgan fingerprint density at radius 1 is 1.16 bits per heavy atom. The first-order valence-electron chi connectivity index (χ1n) is 9.84. The molecule has 0 bridgehead atoms. The highest BCUT2D eigenvalue weighted by Crippen LogP contribution is 2.43. The SMILES string of the molecule is CC1CCC(C(C)(C)c2ccccc2)C(OC(=O)[N+]2=CCCCC2)C1. The predicted molar refractivity (Wildman–Crippen MR) is 101 cm³/mol. The van der Waals surface area contributed by atoms with Gasteiger partial charge in [0.05, 0.1) is 0 Å². The van der Waals surface area contributed by atoms with Crippen LogP contribution >= 0.6 is 0 Å². The molecular formula is C22H32NO2+. The van der Waals surface area contributed by atoms with E-state index in [-0.39, 0.29) is 17.6 Å². The van der Waals surface area contributed by atoms with Crippen LogP contribution in [0.3, 0.4) is 0 Å². The summed E-state index contributed by atoms with van der Waals surface area (Å²) >= 11 is 0. The van der Waals surface area contributed by atoms with Crippen molar-refractivity contribution in [2.45, 2.75) is 70.8 Å². The van der Waals surface area contributed by atoms with Gasteiger partial charge in [-0.05, 0) is 36.2 Å². The second kappa shape index (κ2) is 7.72. The van der Waals surface area contributed by atoms with Crippen LogP contribution in [0.5, 0.6) is 0 Å². The molecule has 3 atom stereocenters. The van der Waals surface area contributed by atoms with Crippen LogP contribution in [0.1, 0.15) is 64.9 Å². The van der Waals surface area contributed by atoms with E-state index in [0.717, 1.165) is 32.2 Å². The summed E-state index contributed by atoms with van der Waals surface area (Å²) in [6, 6.07) is 10.7. The summed E-state index contributed by atoms with van der Waals surface area (Å²) in [5.41, 5.74) is 1.33. The molecule has 3 unspecified atom stereocenters. The van der Waals surface area contributed by atoms with Crippen LogP contribution < -0.4 is 0 Å². The highest BCUT2D eigenvalue weighted by molar-refractivity contribution is 5.66. The number of benzene rings is 1. The summed E-state index contributed by atoms with van der Waals surface area (Å²) < 4.78 is 7.86. The lowest BCUT2D eigenvalue weighted by atomic mass is 9.64. The Balaban J connectivity index is 1.79. The maximum Gasteiger partial charge on any atom is 0.596 e. The van der Waals surface area contributed by atoms with E-state index in [2.05, 4.69) is 51.1 Å². The van der Waals surface area contributed by atoms with Gasteiger partial charge in [0.1, 0.15) is 6.10 Å². The van der Waals surface area contributed by atoms with Crippen molar-refractivity contribution in [1.29, 1.82) is 0 Å². The number of carbonyl (C=O) groups excluding carboxylic acids is 1. The van der Waals surface area contributed by atoms with Gasteiger partial charge in [-0.15, -0.1) is 4.58 Å². The van der Waals surface area contributed by atoms with E-state index in [4.69, 9.17) is 4.74 Å². The van der Waals surface area contributed by atoms with Crippen LogP contribution in [0, 0.1) is 11.8 Å². The van der Waals surface area contributed by atoms with Crippen LogP contribution in [-0.4, -0.2) is 29.5 Å². The van der Waals surface area contributed by atoms with Gasteiger partial charge in [0.25, 0.3) is 0 Å². The number of ether oxygens (including phenoxy) is 1. The Bertz CT molecular complexity index is 620. The fourth-order valence-corrected chi connectivity index (χ4v) is 4.49. The Morgan fingerprint density at radius 3 is 2.60 bits per heavy atom. The summed E-state index contributed by atoms with van der Waals surface area (Å²) in [5.74, 6) is 0.978. The van der Waals surface area contributed by atoms with Gasteiger partial charge >= 0.3 is 6.09 Å². The van der Waals surface area contributed by atoms with Gasteiger partial charge in [-0.25, -0.2) is 0 Å². The highest BCUT2D eigenvalue weighted by atomic mass is 16.6. The van der Waals surface area contributed by atoms with Crippen molar-refractivity contribution in [3.05, 3.63) is 35.9 Å². The smallest absolute Gasteiger partial charge is 0.408 e. The van der Waals surface area contributed by atoms with E-state index in [1.807, 2.05) is 6.21 Å². The van der Waals surface area contributed by atoms with Gasteiger partial charge in [-0.2, -0.15) is 4.79 Å². The van der Waals surface area contributed by atoms with Gasteiger partial charge in [-0.1, -0.05) is 57.5 Å². The number of amides is 1. The molecule has 0 spiro atoms. The van der Waals surface area contributed by atoms with Crippen LogP contribution in [0.2, 0.25) is 0 Å². The molecule has 3 rings (SSSR count). The number of nitrogens with zero attached hydrogens (tertiary/aromatic N) is 1. The van der Waals surface area contributed by atoms with E-state index >= 15 is 0 Å². The van der Waals surface area contributed by atoms with E-state index in [0.29, 0.717) is 11.8 Å². The monoisotopic (exact) mass is 342 g/mol. The van der Waals surface area contributed by atoms with Crippen molar-refractivity contribution in [3.8, 4) is 0 Å². The minimum absolute atomic E-state index is 0.00165. The summed E-state index contributed by atoms with van der Waals surface area (Å²) in [4.78, 5) is 12.7. The van der Waals surface area contributed by atoms with Gasteiger partial charge in [0, 0.05) is 18.8 Å². The third-order valence-corrected chi connectivity index (χ3v) is 6.19. The molecule has 2 aliphatic rings. The second-order valence-corrected chi connectivity index (χ2v) is 8.41. The quantitative estimate of drug-likeness (QED) is 0.709. The van der Waals surface area contributed by atoms with Crippen LogP contribution in [0.25, 0.3) is 0 Å². The molecule has 0 radical (unpaired) electrons. The highest BCUT2D eigenvalue weighted by Gasteiger charge is 2.43. The molecule has 0 saturated heterocycles. The molecule has 1 aliphatic heterocycles. The van der Waals surface area contributed by atoms with E-state index in [1.54, 1.807) is 4.58 Å². The molecule has 3 heteroatoms. The van der Waals surface area contributed by atoms with E-state index in [9.17, 15) is 4.79 Å². The number of hydrogen-bond donors (Lipinski definition) is 0. The molecular weight excluding hydrogens is 310 g/mol. The average Bonchev–Trinajstić information content (AvgIpc) is 2.63. The van der Waals surface area contributed by atoms with E-state index in [1.165, 1.54) is 18.4 Å². The lowest BCUT2D eigenvalue weighted by Crippen LogP contribution is -2.44. The van der Waals surface area contributed by atoms with Crippen LogP contribution in [0.4, 0.5) is 4.79 Å². The first-order chi connectivity index (χ1) is 12.0. The van der Waals surface area contributed by atoms with E-state index < -0.39 is 0 Å². The summed E-state index contributed by atoms with van der Waals surface area (Å²) in [5, 5.41) is 0. The van der Waals surface area contributed by atoms with Crippen molar-refractivity contribution in [2.75, 3.05) is 6.54 Å². The fraction of sp³-hybridized carbons (Fsp3) is 0.636. The molecule has 1 fully saturated rings. The Kier molecular flexibility index (Phi) is 5.61. The first kappa shape index (κ1) is 18.2. The summed E-state index contributed by atoms with van der Waals surface area (Å²) in [7, 11) is 0. The van der Waals surface area contributed by atoms with Crippen molar-refractivity contribution in [2.24, 2.45) is 11.8 Å². The molecule has 25 heavy (non-hydrogen) atoms. The standard InChI is InChI=1S/C22H32NO2/c1-17-12-13-19(22(2,3)18-10-6-4-7-11-18)20(16-17)25-21(24)23-14-8-5-9-15-23/h4,6-7,10-11,14,17,19-20H,5,8-9,12-13,15-16H2,1-3H3/q+1. The molecule has 1 saturated carbocycles. The maximum absolute atomic E-state index is 12.7. The topological polar surface area (TPSA) is 29.3 Å². The molecule has 1 amide bonds. The van der Waals surface area contributed by atoms with Crippen molar-refractivity contribution >= 4 is 12.3 Å². The normalized spacial score (nSPS) is 27.5. The third-order valence-electron chi connectivity index (χ3n) is 6.19. The second-order valence-electron chi connectivity index (χ2n) is 8.41. The molecule has 136 valence electrons. The Morgan fingerprint density at radius 2 is 1.92 bits per heavy atom. The van der Waals surface area contributed by atoms with Gasteiger partial charge < -0.3 is 4.74 Å². The first-order valence-corrected chi connectivity index (χ1v) is 9.84. The minimum atomic E-state index is -0.146. The van der Waals surface area contributed by atoms with Crippen molar-refractivity contribution in [3.63, 3.8) is 0 Å². The lowest BCUT2D eigenvalue weighted by Gasteiger charge is -2.43. The zero-order chi connectivity index (χ0) is 17.9. The predicted octanol–water partition coefficient (Wildman–Crippen LogP) is 5.17. The molecule has 3 nitrogen and oxygen atoms in total. The minimum Gasteiger partial charge on any atom is -0.408 e. The molecule has 0 N–H and O–H groups in total. The van der Waals surface area contributed by atoms with Crippen LogP contribution in [0.15, 0.2) is 30.3 Å². The van der Waals surface area contributed by atoms with Gasteiger partial charge in [0.15, 0.2) is 12.8 Å². The molecule has 1 aromatic carbocycles. The molecule has 1 aliphatic carbocycles. The molecule has 1 heterocycles. The largest absolute Gasteiger partial charge is 0.596 e. The zero-order valence-corrected chi connectivity index (χ0v) is 15.9. The molecule has 1 aromatic rings. The van der Waals surface area contributed by atoms with Crippen LogP contribution in [-0.2, 0) is 10.2 Å². The summed E-state index contributed by atoms with van der Waals surface area (Å²) in [6.45, 7) is 7.68.